The van der Waals surface area contributed by atoms with Gasteiger partial charge in [0, 0.05) is 12.1 Å². The highest BCUT2D eigenvalue weighted by molar-refractivity contribution is 8.15. The van der Waals surface area contributed by atoms with Gasteiger partial charge in [-0.15, -0.1) is 16.4 Å². The van der Waals surface area contributed by atoms with E-state index in [1.54, 1.807) is 35.6 Å². The van der Waals surface area contributed by atoms with Gasteiger partial charge >= 0.3 is 0 Å². The smallest absolute Gasteiger partial charge is 0.240 e. The van der Waals surface area contributed by atoms with Crippen LogP contribution in [0.15, 0.2) is 52.0 Å². The quantitative estimate of drug-likeness (QED) is 0.491. The van der Waals surface area contributed by atoms with E-state index in [0.29, 0.717) is 17.5 Å². The summed E-state index contributed by atoms with van der Waals surface area (Å²) in [4.78, 5) is 25.5. The lowest BCUT2D eigenvalue weighted by Gasteiger charge is -2.09. The maximum Gasteiger partial charge on any atom is 0.240 e. The van der Waals surface area contributed by atoms with Crippen LogP contribution in [0.1, 0.15) is 31.6 Å². The SMILES string of the molecule is CCCOc1ccc(NC(=O)C[C@H]2S/C(=N\N=C(\C)c3cccs3)NC2=O)cc1. The molecule has 1 saturated heterocycles. The molecule has 29 heavy (non-hydrogen) atoms. The largest absolute Gasteiger partial charge is 0.494 e. The molecule has 1 aromatic carbocycles. The molecule has 1 aliphatic heterocycles. The Morgan fingerprint density at radius 3 is 2.76 bits per heavy atom. The van der Waals surface area contributed by atoms with Gasteiger partial charge in [-0.2, -0.15) is 5.10 Å². The number of carbonyl (C=O) groups excluding carboxylic acids is 2. The Morgan fingerprint density at radius 2 is 2.07 bits per heavy atom. The van der Waals surface area contributed by atoms with Gasteiger partial charge in [0.05, 0.1) is 17.2 Å². The van der Waals surface area contributed by atoms with Crippen LogP contribution in [0, 0.1) is 0 Å². The first-order valence-electron chi connectivity index (χ1n) is 9.21. The third kappa shape index (κ3) is 6.16. The van der Waals surface area contributed by atoms with Crippen LogP contribution in [-0.4, -0.2) is 34.6 Å². The van der Waals surface area contributed by atoms with Crippen LogP contribution in [0.2, 0.25) is 0 Å². The summed E-state index contributed by atoms with van der Waals surface area (Å²) in [5.74, 6) is 0.283. The van der Waals surface area contributed by atoms with Gasteiger partial charge in [-0.3, -0.25) is 9.59 Å². The highest BCUT2D eigenvalue weighted by Gasteiger charge is 2.32. The fourth-order valence-corrected chi connectivity index (χ4v) is 4.07. The lowest BCUT2D eigenvalue weighted by molar-refractivity contribution is -0.122. The molecule has 9 heteroatoms. The summed E-state index contributed by atoms with van der Waals surface area (Å²) in [6, 6.07) is 11.1. The fraction of sp³-hybridized carbons (Fsp3) is 0.300. The monoisotopic (exact) mass is 430 g/mol. The van der Waals surface area contributed by atoms with Crippen molar-refractivity contribution in [3.63, 3.8) is 0 Å². The van der Waals surface area contributed by atoms with Gasteiger partial charge in [0.15, 0.2) is 5.17 Å². The van der Waals surface area contributed by atoms with Crippen LogP contribution in [0.3, 0.4) is 0 Å². The molecule has 0 unspecified atom stereocenters. The van der Waals surface area contributed by atoms with E-state index in [1.807, 2.05) is 31.4 Å². The molecular weight excluding hydrogens is 408 g/mol. The first-order chi connectivity index (χ1) is 14.0. The molecule has 0 saturated carbocycles. The zero-order valence-electron chi connectivity index (χ0n) is 16.2. The second kappa shape index (κ2) is 10.2. The molecule has 2 N–H and O–H groups in total. The maximum atomic E-state index is 12.3. The average Bonchev–Trinajstić information content (AvgIpc) is 3.36. The number of carbonyl (C=O) groups is 2. The highest BCUT2D eigenvalue weighted by Crippen LogP contribution is 2.24. The van der Waals surface area contributed by atoms with E-state index < -0.39 is 5.25 Å². The van der Waals surface area contributed by atoms with E-state index in [4.69, 9.17) is 4.74 Å². The van der Waals surface area contributed by atoms with Crippen LogP contribution in [0.5, 0.6) is 5.75 Å². The molecular formula is C20H22N4O3S2. The molecule has 0 radical (unpaired) electrons. The number of anilines is 1. The average molecular weight is 431 g/mol. The van der Waals surface area contributed by atoms with E-state index in [1.165, 1.54) is 11.8 Å². The summed E-state index contributed by atoms with van der Waals surface area (Å²) < 4.78 is 5.52. The second-order valence-corrected chi connectivity index (χ2v) is 8.43. The molecule has 152 valence electrons. The number of ether oxygens (including phenoxy) is 1. The van der Waals surface area contributed by atoms with Crippen molar-refractivity contribution in [1.82, 2.24) is 5.32 Å². The lowest BCUT2D eigenvalue weighted by Crippen LogP contribution is -2.28. The number of rotatable bonds is 8. The van der Waals surface area contributed by atoms with Gasteiger partial charge in [0.25, 0.3) is 0 Å². The molecule has 0 aliphatic carbocycles. The fourth-order valence-electron chi connectivity index (χ4n) is 2.48. The Hall–Kier alpha value is -2.65. The Bertz CT molecular complexity index is 908. The number of hydrogen-bond acceptors (Lipinski definition) is 7. The predicted molar refractivity (Wildman–Crippen MR) is 119 cm³/mol. The minimum atomic E-state index is -0.529. The van der Waals surface area contributed by atoms with Gasteiger partial charge in [-0.25, -0.2) is 0 Å². The van der Waals surface area contributed by atoms with Crippen molar-refractivity contribution in [2.45, 2.75) is 31.9 Å². The summed E-state index contributed by atoms with van der Waals surface area (Å²) in [5.41, 5.74) is 1.43. The molecule has 3 rings (SSSR count). The molecule has 7 nitrogen and oxygen atoms in total. The van der Waals surface area contributed by atoms with Crippen LogP contribution in [0.4, 0.5) is 5.69 Å². The van der Waals surface area contributed by atoms with E-state index in [9.17, 15) is 9.59 Å². The normalized spacial score (nSPS) is 18.0. The van der Waals surface area contributed by atoms with Gasteiger partial charge in [0.2, 0.25) is 11.8 Å². The van der Waals surface area contributed by atoms with Gasteiger partial charge in [-0.1, -0.05) is 24.8 Å². The predicted octanol–water partition coefficient (Wildman–Crippen LogP) is 3.88. The van der Waals surface area contributed by atoms with Crippen molar-refractivity contribution in [2.75, 3.05) is 11.9 Å². The summed E-state index contributed by atoms with van der Waals surface area (Å²) in [6.45, 7) is 4.56. The number of thioether (sulfide) groups is 1. The van der Waals surface area contributed by atoms with Gasteiger partial charge < -0.3 is 15.4 Å². The molecule has 1 aliphatic rings. The number of benzene rings is 1. The minimum Gasteiger partial charge on any atom is -0.494 e. The topological polar surface area (TPSA) is 92.2 Å². The van der Waals surface area contributed by atoms with Crippen LogP contribution in [0.25, 0.3) is 0 Å². The molecule has 0 spiro atoms. The maximum absolute atomic E-state index is 12.3. The van der Waals surface area contributed by atoms with Crippen LogP contribution in [-0.2, 0) is 9.59 Å². The third-order valence-corrected chi connectivity index (χ3v) is 5.98. The van der Waals surface area contributed by atoms with Crippen molar-refractivity contribution in [3.05, 3.63) is 46.7 Å². The molecule has 0 bridgehead atoms. The molecule has 2 aromatic rings. The Balaban J connectivity index is 1.52. The Kier molecular flexibility index (Phi) is 7.42. The summed E-state index contributed by atoms with van der Waals surface area (Å²) in [7, 11) is 0. The number of thiophene rings is 1. The van der Waals surface area contributed by atoms with E-state index in [0.717, 1.165) is 22.8 Å². The van der Waals surface area contributed by atoms with Crippen LogP contribution < -0.4 is 15.4 Å². The zero-order chi connectivity index (χ0) is 20.6. The number of nitrogens with zero attached hydrogens (tertiary/aromatic N) is 2. The molecule has 2 heterocycles. The van der Waals surface area contributed by atoms with Crippen molar-refractivity contribution < 1.29 is 14.3 Å². The molecule has 2 amide bonds. The number of nitrogens with one attached hydrogen (secondary N) is 2. The lowest BCUT2D eigenvalue weighted by atomic mass is 10.2. The first kappa shape index (κ1) is 21.1. The summed E-state index contributed by atoms with van der Waals surface area (Å²) in [5, 5.41) is 15.6. The van der Waals surface area contributed by atoms with E-state index in [-0.39, 0.29) is 18.2 Å². The van der Waals surface area contributed by atoms with E-state index >= 15 is 0 Å². The molecule has 1 atom stereocenters. The van der Waals surface area contributed by atoms with E-state index in [2.05, 4.69) is 20.8 Å². The number of amides is 2. The molecule has 1 fully saturated rings. The molecule has 1 aromatic heterocycles. The van der Waals surface area contributed by atoms with Crippen molar-refractivity contribution in [1.29, 1.82) is 0 Å². The Morgan fingerprint density at radius 1 is 1.28 bits per heavy atom. The van der Waals surface area contributed by atoms with Crippen molar-refractivity contribution in [2.24, 2.45) is 10.2 Å². The Labute approximate surface area is 177 Å². The number of amidine groups is 1. The zero-order valence-corrected chi connectivity index (χ0v) is 17.8. The summed E-state index contributed by atoms with van der Waals surface area (Å²) >= 11 is 2.79. The summed E-state index contributed by atoms with van der Waals surface area (Å²) in [6.07, 6.45) is 0.987. The van der Waals surface area contributed by atoms with Gasteiger partial charge in [0.1, 0.15) is 11.0 Å². The second-order valence-electron chi connectivity index (χ2n) is 6.29. The van der Waals surface area contributed by atoms with Crippen molar-refractivity contribution >= 4 is 51.5 Å². The standard InChI is InChI=1S/C20H22N4O3S2/c1-3-10-27-15-8-6-14(7-9-15)21-18(25)12-17-19(26)22-20(29-17)24-23-13(2)16-5-4-11-28-16/h4-9,11,17H,3,10,12H2,1-2H3,(H,21,25)(H,22,24,26)/b23-13-/t17-/m1/s1. The van der Waals surface area contributed by atoms with Gasteiger partial charge in [-0.05, 0) is 49.1 Å². The van der Waals surface area contributed by atoms with Crippen LogP contribution >= 0.6 is 23.1 Å². The van der Waals surface area contributed by atoms with Crippen molar-refractivity contribution in [3.8, 4) is 5.75 Å². The minimum absolute atomic E-state index is 0.0528. The third-order valence-electron chi connectivity index (χ3n) is 3.93. The number of hydrogen-bond donors (Lipinski definition) is 2. The first-order valence-corrected chi connectivity index (χ1v) is 11.0. The highest BCUT2D eigenvalue weighted by atomic mass is 32.2.